The van der Waals surface area contributed by atoms with E-state index in [4.69, 9.17) is 10.00 Å². The van der Waals surface area contributed by atoms with Crippen molar-refractivity contribution in [2.24, 2.45) is 5.92 Å². The topological polar surface area (TPSA) is 101 Å². The van der Waals surface area contributed by atoms with E-state index in [2.05, 4.69) is 24.1 Å². The van der Waals surface area contributed by atoms with Gasteiger partial charge in [0.25, 0.3) is 0 Å². The van der Waals surface area contributed by atoms with Crippen LogP contribution in [0, 0.1) is 27.4 Å². The summed E-state index contributed by atoms with van der Waals surface area (Å²) >= 11 is 0. The molecule has 0 radical (unpaired) electrons. The number of nitriles is 1. The number of nitro groups is 1. The van der Waals surface area contributed by atoms with Crippen molar-refractivity contribution >= 4 is 11.5 Å². The molecule has 0 amide bonds. The molecule has 1 aromatic rings. The molecule has 1 rings (SSSR count). The average Bonchev–Trinajstić information content (AvgIpc) is 2.37. The number of pyridine rings is 1. The summed E-state index contributed by atoms with van der Waals surface area (Å²) in [6.07, 6.45) is 0. The maximum Gasteiger partial charge on any atom is 0.305 e. The van der Waals surface area contributed by atoms with Crippen LogP contribution in [-0.2, 0) is 4.74 Å². The predicted octanol–water partition coefficient (Wildman–Crippen LogP) is 1.95. The van der Waals surface area contributed by atoms with E-state index in [1.807, 2.05) is 0 Å². The lowest BCUT2D eigenvalue weighted by molar-refractivity contribution is -0.385. The van der Waals surface area contributed by atoms with Crippen molar-refractivity contribution in [2.45, 2.75) is 13.8 Å². The van der Waals surface area contributed by atoms with Crippen molar-refractivity contribution in [3.63, 3.8) is 0 Å². The molecule has 1 aromatic heterocycles. The van der Waals surface area contributed by atoms with E-state index in [1.54, 1.807) is 6.07 Å². The smallest absolute Gasteiger partial charge is 0.305 e. The van der Waals surface area contributed by atoms with Crippen LogP contribution < -0.4 is 5.32 Å². The number of hydrogen-bond donors (Lipinski definition) is 1. The molecule has 7 nitrogen and oxygen atoms in total. The third kappa shape index (κ3) is 4.89. The van der Waals surface area contributed by atoms with Gasteiger partial charge in [0.05, 0.1) is 11.5 Å². The van der Waals surface area contributed by atoms with Crippen LogP contribution in [0.2, 0.25) is 0 Å². The van der Waals surface area contributed by atoms with Crippen LogP contribution in [0.25, 0.3) is 0 Å². The van der Waals surface area contributed by atoms with Crippen molar-refractivity contribution in [3.05, 3.63) is 27.9 Å². The lowest BCUT2D eigenvalue weighted by Crippen LogP contribution is -2.13. The molecule has 0 bridgehead atoms. The second-order valence-electron chi connectivity index (χ2n) is 4.33. The van der Waals surface area contributed by atoms with Crippen molar-refractivity contribution < 1.29 is 9.66 Å². The Kier molecular flexibility index (Phi) is 5.70. The molecule has 0 atom stereocenters. The van der Waals surface area contributed by atoms with Crippen molar-refractivity contribution in [1.82, 2.24) is 4.98 Å². The van der Waals surface area contributed by atoms with E-state index in [-0.39, 0.29) is 11.4 Å². The zero-order valence-electron chi connectivity index (χ0n) is 10.9. The Labute approximate surface area is 111 Å². The number of anilines is 1. The Morgan fingerprint density at radius 3 is 2.89 bits per heavy atom. The van der Waals surface area contributed by atoms with Crippen molar-refractivity contribution in [2.75, 3.05) is 25.1 Å². The first-order chi connectivity index (χ1) is 9.04. The highest BCUT2D eigenvalue weighted by atomic mass is 16.6. The quantitative estimate of drug-likeness (QED) is 0.459. The number of nitrogens with one attached hydrogen (secondary N) is 1. The van der Waals surface area contributed by atoms with Gasteiger partial charge >= 0.3 is 5.69 Å². The van der Waals surface area contributed by atoms with E-state index in [0.29, 0.717) is 31.5 Å². The molecule has 0 saturated heterocycles. The monoisotopic (exact) mass is 264 g/mol. The summed E-state index contributed by atoms with van der Waals surface area (Å²) in [7, 11) is 0. The minimum Gasteiger partial charge on any atom is -0.379 e. The first kappa shape index (κ1) is 14.9. The Balaban J connectivity index is 2.52. The summed E-state index contributed by atoms with van der Waals surface area (Å²) in [5, 5.41) is 22.4. The molecule has 0 aliphatic carbocycles. The Morgan fingerprint density at radius 2 is 2.32 bits per heavy atom. The molecule has 0 aliphatic rings. The number of rotatable bonds is 7. The number of ether oxygens (including phenoxy) is 1. The van der Waals surface area contributed by atoms with Gasteiger partial charge in [-0.2, -0.15) is 5.26 Å². The van der Waals surface area contributed by atoms with Gasteiger partial charge < -0.3 is 10.1 Å². The first-order valence-corrected chi connectivity index (χ1v) is 5.91. The summed E-state index contributed by atoms with van der Waals surface area (Å²) < 4.78 is 5.37. The standard InChI is InChI=1S/C12H16N4O3/c1-9(2)8-19-6-5-14-12-4-3-11(16(17)18)10(7-13)15-12/h3-4,9H,5-6,8H2,1-2H3,(H,14,15). The maximum absolute atomic E-state index is 10.6. The van der Waals surface area contributed by atoms with Crippen LogP contribution in [0.1, 0.15) is 19.5 Å². The molecule has 102 valence electrons. The fourth-order valence-corrected chi connectivity index (χ4v) is 1.35. The number of nitrogens with zero attached hydrogens (tertiary/aromatic N) is 3. The normalized spacial score (nSPS) is 10.2. The molecule has 1 N–H and O–H groups in total. The van der Waals surface area contributed by atoms with Gasteiger partial charge in [0.15, 0.2) is 0 Å². The van der Waals surface area contributed by atoms with Gasteiger partial charge in [0.2, 0.25) is 5.69 Å². The molecule has 0 saturated carbocycles. The first-order valence-electron chi connectivity index (χ1n) is 5.91. The molecule has 0 unspecified atom stereocenters. The van der Waals surface area contributed by atoms with E-state index in [9.17, 15) is 10.1 Å². The van der Waals surface area contributed by atoms with E-state index >= 15 is 0 Å². The Hall–Kier alpha value is -2.20. The lowest BCUT2D eigenvalue weighted by Gasteiger charge is -2.08. The zero-order chi connectivity index (χ0) is 14.3. The summed E-state index contributed by atoms with van der Waals surface area (Å²) in [6.45, 7) is 5.84. The fraction of sp³-hybridized carbons (Fsp3) is 0.500. The van der Waals surface area contributed by atoms with Gasteiger partial charge in [-0.1, -0.05) is 13.8 Å². The summed E-state index contributed by atoms with van der Waals surface area (Å²) in [5.41, 5.74) is -0.484. The van der Waals surface area contributed by atoms with E-state index in [1.165, 1.54) is 12.1 Å². The molecule has 0 fully saturated rings. The maximum atomic E-state index is 10.6. The Bertz CT molecular complexity index is 482. The van der Waals surface area contributed by atoms with Crippen LogP contribution in [0.15, 0.2) is 12.1 Å². The third-order valence-corrected chi connectivity index (χ3v) is 2.18. The zero-order valence-corrected chi connectivity index (χ0v) is 10.9. The molecule has 1 heterocycles. The fourth-order valence-electron chi connectivity index (χ4n) is 1.35. The largest absolute Gasteiger partial charge is 0.379 e. The molecule has 0 aliphatic heterocycles. The second kappa shape index (κ2) is 7.28. The minimum absolute atomic E-state index is 0.196. The number of hydrogen-bond acceptors (Lipinski definition) is 6. The molecule has 0 aromatic carbocycles. The molecule has 0 spiro atoms. The molecule has 7 heteroatoms. The van der Waals surface area contributed by atoms with E-state index in [0.717, 1.165) is 0 Å². The second-order valence-corrected chi connectivity index (χ2v) is 4.33. The average molecular weight is 264 g/mol. The van der Waals surface area contributed by atoms with Crippen LogP contribution in [0.5, 0.6) is 0 Å². The van der Waals surface area contributed by atoms with Crippen LogP contribution in [0.3, 0.4) is 0 Å². The highest BCUT2D eigenvalue weighted by Gasteiger charge is 2.15. The van der Waals surface area contributed by atoms with Gasteiger partial charge in [-0.25, -0.2) is 4.98 Å². The van der Waals surface area contributed by atoms with Crippen LogP contribution in [0.4, 0.5) is 11.5 Å². The minimum atomic E-state index is -0.624. The van der Waals surface area contributed by atoms with Gasteiger partial charge in [0, 0.05) is 19.2 Å². The molecule has 19 heavy (non-hydrogen) atoms. The molecular weight excluding hydrogens is 248 g/mol. The van der Waals surface area contributed by atoms with Gasteiger partial charge in [-0.3, -0.25) is 10.1 Å². The van der Waals surface area contributed by atoms with E-state index < -0.39 is 4.92 Å². The summed E-state index contributed by atoms with van der Waals surface area (Å²) in [6, 6.07) is 4.45. The lowest BCUT2D eigenvalue weighted by atomic mass is 10.2. The van der Waals surface area contributed by atoms with Crippen LogP contribution in [-0.4, -0.2) is 29.7 Å². The van der Waals surface area contributed by atoms with Gasteiger partial charge in [-0.05, 0) is 12.0 Å². The predicted molar refractivity (Wildman–Crippen MR) is 69.8 cm³/mol. The summed E-state index contributed by atoms with van der Waals surface area (Å²) in [4.78, 5) is 13.9. The highest BCUT2D eigenvalue weighted by Crippen LogP contribution is 2.17. The van der Waals surface area contributed by atoms with Gasteiger partial charge in [0.1, 0.15) is 11.9 Å². The molecular formula is C12H16N4O3. The Morgan fingerprint density at radius 1 is 1.58 bits per heavy atom. The SMILES string of the molecule is CC(C)COCCNc1ccc([N+](=O)[O-])c(C#N)n1. The number of aromatic nitrogens is 1. The summed E-state index contributed by atoms with van der Waals surface area (Å²) in [5.74, 6) is 0.901. The van der Waals surface area contributed by atoms with Crippen molar-refractivity contribution in [1.29, 1.82) is 5.26 Å². The van der Waals surface area contributed by atoms with Crippen LogP contribution >= 0.6 is 0 Å². The third-order valence-electron chi connectivity index (χ3n) is 2.18. The van der Waals surface area contributed by atoms with Crippen molar-refractivity contribution in [3.8, 4) is 6.07 Å². The highest BCUT2D eigenvalue weighted by molar-refractivity contribution is 5.50. The van der Waals surface area contributed by atoms with Gasteiger partial charge in [-0.15, -0.1) is 0 Å².